The third-order valence-corrected chi connectivity index (χ3v) is 5.69. The fourth-order valence-electron chi connectivity index (χ4n) is 3.23. The van der Waals surface area contributed by atoms with Gasteiger partial charge < -0.3 is 9.88 Å². The maximum Gasteiger partial charge on any atom is 0.223 e. The number of imidazole rings is 1. The summed E-state index contributed by atoms with van der Waals surface area (Å²) in [6.07, 6.45) is 4.02. The number of hydrogen-bond acceptors (Lipinski definition) is 4. The highest BCUT2D eigenvalue weighted by Gasteiger charge is 2.30. The zero-order chi connectivity index (χ0) is 15.8. The lowest BCUT2D eigenvalue weighted by Crippen LogP contribution is -2.37. The van der Waals surface area contributed by atoms with Crippen molar-refractivity contribution in [2.75, 3.05) is 6.54 Å². The van der Waals surface area contributed by atoms with Crippen molar-refractivity contribution in [1.82, 2.24) is 19.8 Å². The lowest BCUT2D eigenvalue weighted by Gasteiger charge is -2.34. The summed E-state index contributed by atoms with van der Waals surface area (Å²) in [5, 5.41) is 5.18. The van der Waals surface area contributed by atoms with Crippen LogP contribution in [-0.4, -0.2) is 26.9 Å². The van der Waals surface area contributed by atoms with Crippen molar-refractivity contribution in [3.8, 4) is 0 Å². The second-order valence-electron chi connectivity index (χ2n) is 6.48. The fraction of sp³-hybridized carbons (Fsp3) is 0.529. The second-order valence-corrected chi connectivity index (χ2v) is 7.51. The van der Waals surface area contributed by atoms with Gasteiger partial charge in [0, 0.05) is 30.4 Å². The van der Waals surface area contributed by atoms with Crippen LogP contribution in [0.3, 0.4) is 0 Å². The van der Waals surface area contributed by atoms with Crippen molar-refractivity contribution in [1.29, 1.82) is 0 Å². The van der Waals surface area contributed by atoms with Gasteiger partial charge in [0.05, 0.1) is 24.5 Å². The summed E-state index contributed by atoms with van der Waals surface area (Å²) in [6, 6.07) is 4.60. The highest BCUT2D eigenvalue weighted by Crippen LogP contribution is 2.30. The van der Waals surface area contributed by atoms with Gasteiger partial charge in [0.2, 0.25) is 5.91 Å². The Bertz CT molecular complexity index is 690. The van der Waals surface area contributed by atoms with Crippen LogP contribution in [0.4, 0.5) is 0 Å². The van der Waals surface area contributed by atoms with Crippen molar-refractivity contribution < 1.29 is 4.79 Å². The molecule has 122 valence electrons. The fourth-order valence-corrected chi connectivity index (χ4v) is 3.96. The maximum absolute atomic E-state index is 11.8. The number of nitrogens with one attached hydrogen (secondary N) is 1. The van der Waals surface area contributed by atoms with Crippen LogP contribution in [0.25, 0.3) is 0 Å². The Hall–Kier alpha value is -1.66. The van der Waals surface area contributed by atoms with E-state index in [0.717, 1.165) is 44.0 Å². The maximum atomic E-state index is 11.8. The van der Waals surface area contributed by atoms with E-state index in [1.165, 1.54) is 4.88 Å². The Kier molecular flexibility index (Phi) is 3.95. The molecule has 1 atom stereocenters. The summed E-state index contributed by atoms with van der Waals surface area (Å²) in [4.78, 5) is 20.3. The summed E-state index contributed by atoms with van der Waals surface area (Å²) in [5.41, 5.74) is 1.12. The van der Waals surface area contributed by atoms with E-state index in [2.05, 4.69) is 44.2 Å². The Labute approximate surface area is 140 Å². The summed E-state index contributed by atoms with van der Waals surface area (Å²) < 4.78 is 2.28. The topological polar surface area (TPSA) is 50.2 Å². The lowest BCUT2D eigenvalue weighted by molar-refractivity contribution is -0.122. The third-order valence-electron chi connectivity index (χ3n) is 4.83. The number of carbonyl (C=O) groups excluding carboxylic acids is 1. The number of nitrogens with zero attached hydrogens (tertiary/aromatic N) is 3. The minimum atomic E-state index is 0.198. The van der Waals surface area contributed by atoms with Crippen molar-refractivity contribution in [2.24, 2.45) is 5.92 Å². The van der Waals surface area contributed by atoms with Crippen LogP contribution in [0, 0.1) is 5.92 Å². The molecule has 2 aromatic rings. The van der Waals surface area contributed by atoms with E-state index in [-0.39, 0.29) is 11.8 Å². The number of rotatable bonds is 5. The standard InChI is InChI=1S/C17H22N4OS/c1-12-16-18-9-14(10-19-17(22)13-4-5-13)21(16)7-6-20(12)11-15-3-2-8-23-15/h2-3,8-9,12-13H,4-7,10-11H2,1H3,(H,19,22)/t12-/m0/s1. The SMILES string of the molecule is C[C@H]1c2ncc(CNC(=O)C3CC3)n2CCN1Cc1cccs1. The Morgan fingerprint density at radius 1 is 1.43 bits per heavy atom. The van der Waals surface area contributed by atoms with Gasteiger partial charge in [-0.2, -0.15) is 0 Å². The van der Waals surface area contributed by atoms with Crippen molar-refractivity contribution in [3.05, 3.63) is 40.1 Å². The quantitative estimate of drug-likeness (QED) is 0.916. The van der Waals surface area contributed by atoms with E-state index in [1.807, 2.05) is 17.5 Å². The summed E-state index contributed by atoms with van der Waals surface area (Å²) in [7, 11) is 0. The molecule has 0 aromatic carbocycles. The van der Waals surface area contributed by atoms with Gasteiger partial charge in [-0.15, -0.1) is 11.3 Å². The first-order valence-corrected chi connectivity index (χ1v) is 9.19. The number of thiophene rings is 1. The molecule has 6 heteroatoms. The summed E-state index contributed by atoms with van der Waals surface area (Å²) >= 11 is 1.81. The molecule has 1 saturated carbocycles. The van der Waals surface area contributed by atoms with Crippen LogP contribution in [0.15, 0.2) is 23.7 Å². The molecule has 5 nitrogen and oxygen atoms in total. The number of hydrogen-bond donors (Lipinski definition) is 1. The molecule has 2 aromatic heterocycles. The first kappa shape index (κ1) is 14.9. The number of aromatic nitrogens is 2. The predicted molar refractivity (Wildman–Crippen MR) is 89.9 cm³/mol. The summed E-state index contributed by atoms with van der Waals surface area (Å²) in [6.45, 7) is 5.77. The van der Waals surface area contributed by atoms with Gasteiger partial charge in [0.25, 0.3) is 0 Å². The predicted octanol–water partition coefficient (Wildman–Crippen LogP) is 2.55. The van der Waals surface area contributed by atoms with Crippen LogP contribution in [-0.2, 0) is 24.4 Å². The minimum Gasteiger partial charge on any atom is -0.350 e. The molecular formula is C17H22N4OS. The lowest BCUT2D eigenvalue weighted by atomic mass is 10.2. The first-order chi connectivity index (χ1) is 11.2. The molecule has 23 heavy (non-hydrogen) atoms. The van der Waals surface area contributed by atoms with Crippen LogP contribution in [0.5, 0.6) is 0 Å². The molecule has 0 unspecified atom stereocenters. The van der Waals surface area contributed by atoms with Crippen molar-refractivity contribution in [2.45, 2.75) is 45.4 Å². The highest BCUT2D eigenvalue weighted by molar-refractivity contribution is 7.09. The highest BCUT2D eigenvalue weighted by atomic mass is 32.1. The molecule has 4 rings (SSSR count). The molecule has 3 heterocycles. The molecule has 1 aliphatic heterocycles. The van der Waals surface area contributed by atoms with Gasteiger partial charge in [-0.3, -0.25) is 9.69 Å². The van der Waals surface area contributed by atoms with Gasteiger partial charge in [-0.1, -0.05) is 6.07 Å². The Morgan fingerprint density at radius 3 is 3.04 bits per heavy atom. The smallest absolute Gasteiger partial charge is 0.223 e. The van der Waals surface area contributed by atoms with E-state index < -0.39 is 0 Å². The summed E-state index contributed by atoms with van der Waals surface area (Å²) in [5.74, 6) is 1.58. The van der Waals surface area contributed by atoms with Crippen LogP contribution < -0.4 is 5.32 Å². The van der Waals surface area contributed by atoms with Crippen LogP contribution in [0.2, 0.25) is 0 Å². The van der Waals surface area contributed by atoms with Gasteiger partial charge in [-0.05, 0) is 31.2 Å². The van der Waals surface area contributed by atoms with Crippen LogP contribution in [0.1, 0.15) is 42.2 Å². The Balaban J connectivity index is 1.43. The van der Waals surface area contributed by atoms with Gasteiger partial charge in [-0.25, -0.2) is 4.98 Å². The monoisotopic (exact) mass is 330 g/mol. The number of carbonyl (C=O) groups is 1. The normalized spacial score (nSPS) is 21.2. The zero-order valence-corrected chi connectivity index (χ0v) is 14.2. The molecule has 2 aliphatic rings. The zero-order valence-electron chi connectivity index (χ0n) is 13.4. The van der Waals surface area contributed by atoms with E-state index in [4.69, 9.17) is 0 Å². The minimum absolute atomic E-state index is 0.198. The van der Waals surface area contributed by atoms with E-state index in [9.17, 15) is 4.79 Å². The van der Waals surface area contributed by atoms with Gasteiger partial charge in [0.15, 0.2) is 0 Å². The molecule has 1 fully saturated rings. The Morgan fingerprint density at radius 2 is 2.30 bits per heavy atom. The van der Waals surface area contributed by atoms with Gasteiger partial charge >= 0.3 is 0 Å². The van der Waals surface area contributed by atoms with E-state index in [0.29, 0.717) is 12.6 Å². The van der Waals surface area contributed by atoms with Crippen molar-refractivity contribution in [3.63, 3.8) is 0 Å². The number of amides is 1. The molecule has 1 amide bonds. The molecule has 0 saturated heterocycles. The average Bonchev–Trinajstić information content (AvgIpc) is 3.13. The third kappa shape index (κ3) is 3.05. The largest absolute Gasteiger partial charge is 0.350 e. The molecular weight excluding hydrogens is 308 g/mol. The molecule has 0 radical (unpaired) electrons. The molecule has 1 aliphatic carbocycles. The van der Waals surface area contributed by atoms with E-state index in [1.54, 1.807) is 0 Å². The molecule has 1 N–H and O–H groups in total. The second kappa shape index (κ2) is 6.09. The van der Waals surface area contributed by atoms with E-state index >= 15 is 0 Å². The van der Waals surface area contributed by atoms with Crippen molar-refractivity contribution >= 4 is 17.2 Å². The molecule has 0 bridgehead atoms. The van der Waals surface area contributed by atoms with Gasteiger partial charge in [0.1, 0.15) is 5.82 Å². The molecule has 0 spiro atoms. The average molecular weight is 330 g/mol. The number of fused-ring (bicyclic) bond motifs is 1. The van der Waals surface area contributed by atoms with Crippen LogP contribution >= 0.6 is 11.3 Å². The first-order valence-electron chi connectivity index (χ1n) is 8.31.